The molecule has 0 aliphatic rings. The lowest BCUT2D eigenvalue weighted by atomic mass is 9.79. The number of aryl methyl sites for hydroxylation is 1. The fourth-order valence-corrected chi connectivity index (χ4v) is 4.58. The third-order valence-corrected chi connectivity index (χ3v) is 6.34. The first-order valence-corrected chi connectivity index (χ1v) is 12.3. The molecule has 3 aromatic rings. The summed E-state index contributed by atoms with van der Waals surface area (Å²) in [7, 11) is 0. The lowest BCUT2D eigenvalue weighted by Crippen LogP contribution is -2.15. The van der Waals surface area contributed by atoms with Crippen LogP contribution in [0.4, 0.5) is 17.6 Å². The molecule has 0 fully saturated rings. The van der Waals surface area contributed by atoms with Gasteiger partial charge in [-0.05, 0) is 65.1 Å². The molecule has 0 saturated heterocycles. The van der Waals surface area contributed by atoms with Gasteiger partial charge in [0.1, 0.15) is 12.4 Å². The van der Waals surface area contributed by atoms with Crippen LogP contribution in [0.1, 0.15) is 68.7 Å². The Labute approximate surface area is 215 Å². The molecule has 0 bridgehead atoms. The third-order valence-electron chi connectivity index (χ3n) is 6.34. The summed E-state index contributed by atoms with van der Waals surface area (Å²) in [6.45, 7) is 6.32. The van der Waals surface area contributed by atoms with Gasteiger partial charge in [0, 0.05) is 17.5 Å². The number of hydrogen-bond donors (Lipinski definition) is 1. The van der Waals surface area contributed by atoms with E-state index in [4.69, 9.17) is 9.84 Å². The number of benzene rings is 3. The molecule has 3 rings (SSSR count). The van der Waals surface area contributed by atoms with Gasteiger partial charge in [-0.3, -0.25) is 4.79 Å². The van der Waals surface area contributed by atoms with E-state index < -0.39 is 24.0 Å². The summed E-state index contributed by atoms with van der Waals surface area (Å²) in [4.78, 5) is 10.8. The van der Waals surface area contributed by atoms with Gasteiger partial charge in [-0.15, -0.1) is 0 Å². The first-order chi connectivity index (χ1) is 17.5. The average Bonchev–Trinajstić information content (AvgIpc) is 2.82. The number of carboxylic acid groups (broad SMARTS) is 1. The zero-order valence-corrected chi connectivity index (χ0v) is 21.3. The number of carbonyl (C=O) groups is 1. The van der Waals surface area contributed by atoms with Crippen LogP contribution in [-0.2, 0) is 24.2 Å². The predicted molar refractivity (Wildman–Crippen MR) is 136 cm³/mol. The fraction of sp³-hybridized carbons (Fsp3) is 0.367. The van der Waals surface area contributed by atoms with Crippen molar-refractivity contribution in [1.29, 1.82) is 0 Å². The van der Waals surface area contributed by atoms with Crippen LogP contribution in [0.2, 0.25) is 0 Å². The molecule has 0 atom stereocenters. The van der Waals surface area contributed by atoms with E-state index in [1.165, 1.54) is 18.2 Å². The zero-order valence-electron chi connectivity index (χ0n) is 21.3. The van der Waals surface area contributed by atoms with E-state index in [9.17, 15) is 22.4 Å². The largest absolute Gasteiger partial charge is 0.486 e. The van der Waals surface area contributed by atoms with Gasteiger partial charge in [0.15, 0.2) is 11.6 Å². The van der Waals surface area contributed by atoms with E-state index in [1.54, 1.807) is 18.2 Å². The molecule has 0 spiro atoms. The van der Waals surface area contributed by atoms with E-state index in [0.717, 1.165) is 30.5 Å². The van der Waals surface area contributed by atoms with Crippen molar-refractivity contribution < 1.29 is 32.2 Å². The number of hydrogen-bond acceptors (Lipinski definition) is 2. The number of alkyl halides is 2. The molecule has 1 N–H and O–H groups in total. The highest BCUT2D eigenvalue weighted by atomic mass is 19.3. The first-order valence-electron chi connectivity index (χ1n) is 12.3. The third kappa shape index (κ3) is 7.57. The van der Waals surface area contributed by atoms with Gasteiger partial charge < -0.3 is 9.84 Å². The zero-order chi connectivity index (χ0) is 27.2. The van der Waals surface area contributed by atoms with Gasteiger partial charge in [-0.1, -0.05) is 63.6 Å². The minimum atomic E-state index is -2.71. The predicted octanol–water partition coefficient (Wildman–Crippen LogP) is 8.53. The standard InChI is InChI=1S/C30H32F4O3/c1-4-14-30(2,3)17-22-15-19(8-11-23(22)24-16-21(29(33)34)9-12-25(24)31)18-37-26-7-5-6-20(28(26)32)10-13-27(35)36/h5-9,11-12,15-16,29H,4,10,13-14,17-18H2,1-3H3,(H,35,36). The molecule has 0 aliphatic heterocycles. The number of rotatable bonds is 12. The molecule has 0 amide bonds. The summed E-state index contributed by atoms with van der Waals surface area (Å²) in [5, 5.41) is 8.88. The van der Waals surface area contributed by atoms with Crippen LogP contribution in [0, 0.1) is 17.0 Å². The normalized spacial score (nSPS) is 11.7. The maximum atomic E-state index is 14.8. The van der Waals surface area contributed by atoms with Gasteiger partial charge in [-0.25, -0.2) is 17.6 Å². The molecule has 198 valence electrons. The Balaban J connectivity index is 1.94. The molecule has 3 aromatic carbocycles. The van der Waals surface area contributed by atoms with Crippen molar-refractivity contribution in [3.05, 3.63) is 88.5 Å². The second kappa shape index (κ2) is 12.3. The fourth-order valence-electron chi connectivity index (χ4n) is 4.58. The van der Waals surface area contributed by atoms with E-state index in [2.05, 4.69) is 20.8 Å². The van der Waals surface area contributed by atoms with E-state index in [0.29, 0.717) is 17.5 Å². The summed E-state index contributed by atoms with van der Waals surface area (Å²) >= 11 is 0. The second-order valence-corrected chi connectivity index (χ2v) is 10.0. The molecule has 37 heavy (non-hydrogen) atoms. The smallest absolute Gasteiger partial charge is 0.303 e. The van der Waals surface area contributed by atoms with Crippen molar-refractivity contribution in [2.24, 2.45) is 5.41 Å². The molecule has 0 heterocycles. The highest BCUT2D eigenvalue weighted by molar-refractivity contribution is 5.69. The number of halogens is 4. The van der Waals surface area contributed by atoms with Gasteiger partial charge >= 0.3 is 5.97 Å². The molecule has 3 nitrogen and oxygen atoms in total. The molecule has 0 aromatic heterocycles. The van der Waals surface area contributed by atoms with Crippen molar-refractivity contribution in [3.8, 4) is 16.9 Å². The summed E-state index contributed by atoms with van der Waals surface area (Å²) in [6, 6.07) is 13.2. The van der Waals surface area contributed by atoms with Crippen LogP contribution in [0.25, 0.3) is 11.1 Å². The maximum Gasteiger partial charge on any atom is 0.303 e. The van der Waals surface area contributed by atoms with Gasteiger partial charge in [0.25, 0.3) is 6.43 Å². The summed E-state index contributed by atoms with van der Waals surface area (Å²) < 4.78 is 62.0. The molecule has 0 saturated carbocycles. The molecule has 7 heteroatoms. The monoisotopic (exact) mass is 516 g/mol. The van der Waals surface area contributed by atoms with Crippen LogP contribution in [-0.4, -0.2) is 11.1 Å². The minimum absolute atomic E-state index is 0.00973. The van der Waals surface area contributed by atoms with E-state index in [-0.39, 0.29) is 47.3 Å². The van der Waals surface area contributed by atoms with E-state index in [1.807, 2.05) is 6.07 Å². The van der Waals surface area contributed by atoms with Crippen molar-refractivity contribution in [3.63, 3.8) is 0 Å². The molecular weight excluding hydrogens is 484 g/mol. The van der Waals surface area contributed by atoms with Crippen LogP contribution >= 0.6 is 0 Å². The second-order valence-electron chi connectivity index (χ2n) is 10.0. The Morgan fingerprint density at radius 2 is 1.76 bits per heavy atom. The Kier molecular flexibility index (Phi) is 9.35. The van der Waals surface area contributed by atoms with Crippen LogP contribution in [0.5, 0.6) is 5.75 Å². The Morgan fingerprint density at radius 3 is 2.43 bits per heavy atom. The van der Waals surface area contributed by atoms with Crippen molar-refractivity contribution in [1.82, 2.24) is 0 Å². The highest BCUT2D eigenvalue weighted by Crippen LogP contribution is 2.36. The van der Waals surface area contributed by atoms with E-state index >= 15 is 0 Å². The molecule has 0 aliphatic carbocycles. The highest BCUT2D eigenvalue weighted by Gasteiger charge is 2.22. The SMILES string of the molecule is CCCC(C)(C)Cc1cc(COc2cccc(CCC(=O)O)c2F)ccc1-c1cc(C(F)F)ccc1F. The van der Waals surface area contributed by atoms with Crippen LogP contribution < -0.4 is 4.74 Å². The molecular formula is C30H32F4O3. The Morgan fingerprint density at radius 1 is 1.00 bits per heavy atom. The number of ether oxygens (including phenoxy) is 1. The van der Waals surface area contributed by atoms with Gasteiger partial charge in [0.2, 0.25) is 0 Å². The maximum absolute atomic E-state index is 14.8. The molecule has 0 unspecified atom stereocenters. The van der Waals surface area contributed by atoms with Gasteiger partial charge in [-0.2, -0.15) is 0 Å². The van der Waals surface area contributed by atoms with Crippen LogP contribution in [0.15, 0.2) is 54.6 Å². The quantitative estimate of drug-likeness (QED) is 0.245. The van der Waals surface area contributed by atoms with Crippen molar-refractivity contribution in [2.45, 2.75) is 65.9 Å². The Bertz CT molecular complexity index is 1240. The first kappa shape index (κ1) is 28.2. The molecule has 0 radical (unpaired) electrons. The topological polar surface area (TPSA) is 46.5 Å². The summed E-state index contributed by atoms with van der Waals surface area (Å²) in [6.07, 6.45) is -0.400. The summed E-state index contributed by atoms with van der Waals surface area (Å²) in [5.74, 6) is -2.19. The Hall–Kier alpha value is -3.35. The lowest BCUT2D eigenvalue weighted by molar-refractivity contribution is -0.136. The number of aliphatic carboxylic acids is 1. The summed E-state index contributed by atoms with van der Waals surface area (Å²) in [5.41, 5.74) is 2.05. The lowest BCUT2D eigenvalue weighted by Gasteiger charge is -2.26. The van der Waals surface area contributed by atoms with Crippen molar-refractivity contribution >= 4 is 5.97 Å². The van der Waals surface area contributed by atoms with Gasteiger partial charge in [0.05, 0.1) is 0 Å². The minimum Gasteiger partial charge on any atom is -0.486 e. The van der Waals surface area contributed by atoms with Crippen molar-refractivity contribution in [2.75, 3.05) is 0 Å². The number of carboxylic acids is 1. The average molecular weight is 517 g/mol. The van der Waals surface area contributed by atoms with Crippen LogP contribution in [0.3, 0.4) is 0 Å².